The number of rotatable bonds is 3. The molecule has 1 aromatic rings. The fourth-order valence-corrected chi connectivity index (χ4v) is 2.05. The van der Waals surface area contributed by atoms with E-state index < -0.39 is 10.9 Å². The molecule has 0 N–H and O–H groups in total. The van der Waals surface area contributed by atoms with Crippen molar-refractivity contribution in [3.8, 4) is 0 Å². The first kappa shape index (κ1) is 13.1. The standard InChI is InChI=1S/C9H7Br2NO4/c1-2-16-9(13)6-3-5(10)4-7(8(6)11)12(14)15/h3-4H,2H2,1H3. The van der Waals surface area contributed by atoms with Gasteiger partial charge < -0.3 is 4.74 Å². The van der Waals surface area contributed by atoms with Crippen LogP contribution in [0.2, 0.25) is 0 Å². The highest BCUT2D eigenvalue weighted by Gasteiger charge is 2.21. The molecule has 0 aliphatic heterocycles. The predicted molar refractivity (Wildman–Crippen MR) is 64.5 cm³/mol. The van der Waals surface area contributed by atoms with Gasteiger partial charge in [-0.25, -0.2) is 4.79 Å². The van der Waals surface area contributed by atoms with Gasteiger partial charge in [-0.2, -0.15) is 0 Å². The smallest absolute Gasteiger partial charge is 0.339 e. The lowest BCUT2D eigenvalue weighted by Gasteiger charge is -2.05. The average molecular weight is 353 g/mol. The molecule has 7 heteroatoms. The summed E-state index contributed by atoms with van der Waals surface area (Å²) in [4.78, 5) is 21.6. The van der Waals surface area contributed by atoms with Gasteiger partial charge in [-0.15, -0.1) is 0 Å². The van der Waals surface area contributed by atoms with Crippen LogP contribution in [0, 0.1) is 10.1 Å². The summed E-state index contributed by atoms with van der Waals surface area (Å²) < 4.78 is 5.36. The highest BCUT2D eigenvalue weighted by molar-refractivity contribution is 9.11. The van der Waals surface area contributed by atoms with E-state index in [1.54, 1.807) is 6.92 Å². The molecule has 0 bridgehead atoms. The van der Waals surface area contributed by atoms with Gasteiger partial charge in [0, 0.05) is 10.5 Å². The highest BCUT2D eigenvalue weighted by atomic mass is 79.9. The number of hydrogen-bond donors (Lipinski definition) is 0. The molecule has 0 radical (unpaired) electrons. The molecule has 5 nitrogen and oxygen atoms in total. The molecular formula is C9H7Br2NO4. The number of esters is 1. The molecule has 0 aromatic heterocycles. The SMILES string of the molecule is CCOC(=O)c1cc(Br)cc([N+](=O)[O-])c1Br. The molecule has 0 saturated heterocycles. The zero-order valence-corrected chi connectivity index (χ0v) is 11.4. The topological polar surface area (TPSA) is 69.4 Å². The number of carbonyl (C=O) groups excluding carboxylic acids is 1. The Kier molecular flexibility index (Phi) is 4.43. The molecule has 0 heterocycles. The van der Waals surface area contributed by atoms with E-state index in [2.05, 4.69) is 31.9 Å². The maximum absolute atomic E-state index is 11.5. The van der Waals surface area contributed by atoms with Crippen molar-refractivity contribution < 1.29 is 14.5 Å². The van der Waals surface area contributed by atoms with E-state index in [0.717, 1.165) is 0 Å². The Labute approximate surface area is 108 Å². The van der Waals surface area contributed by atoms with Crippen LogP contribution in [-0.4, -0.2) is 17.5 Å². The molecule has 0 atom stereocenters. The fraction of sp³-hybridized carbons (Fsp3) is 0.222. The number of ether oxygens (including phenoxy) is 1. The van der Waals surface area contributed by atoms with Gasteiger partial charge in [0.1, 0.15) is 4.47 Å². The number of nitro benzene ring substituents is 1. The Morgan fingerprint density at radius 1 is 1.50 bits per heavy atom. The average Bonchev–Trinajstić information content (AvgIpc) is 2.20. The van der Waals surface area contributed by atoms with Gasteiger partial charge in [-0.3, -0.25) is 10.1 Å². The maximum atomic E-state index is 11.5. The second-order valence-corrected chi connectivity index (χ2v) is 4.47. The van der Waals surface area contributed by atoms with Crippen LogP contribution in [0.4, 0.5) is 5.69 Å². The maximum Gasteiger partial charge on any atom is 0.339 e. The van der Waals surface area contributed by atoms with Crippen LogP contribution < -0.4 is 0 Å². The Morgan fingerprint density at radius 3 is 2.62 bits per heavy atom. The van der Waals surface area contributed by atoms with Crippen molar-refractivity contribution in [1.82, 2.24) is 0 Å². The first-order chi connectivity index (χ1) is 7.47. The van der Waals surface area contributed by atoms with E-state index in [-0.39, 0.29) is 22.3 Å². The monoisotopic (exact) mass is 351 g/mol. The van der Waals surface area contributed by atoms with Crippen molar-refractivity contribution in [1.29, 1.82) is 0 Å². The van der Waals surface area contributed by atoms with E-state index in [9.17, 15) is 14.9 Å². The van der Waals surface area contributed by atoms with E-state index >= 15 is 0 Å². The third-order valence-corrected chi connectivity index (χ3v) is 3.00. The van der Waals surface area contributed by atoms with Crippen molar-refractivity contribution in [3.63, 3.8) is 0 Å². The van der Waals surface area contributed by atoms with Gasteiger partial charge in [0.25, 0.3) is 5.69 Å². The predicted octanol–water partition coefficient (Wildman–Crippen LogP) is 3.30. The van der Waals surface area contributed by atoms with Crippen LogP contribution in [0.25, 0.3) is 0 Å². The molecule has 0 unspecified atom stereocenters. The molecule has 0 amide bonds. The fourth-order valence-electron chi connectivity index (χ4n) is 1.07. The van der Waals surface area contributed by atoms with Crippen molar-refractivity contribution >= 4 is 43.5 Å². The van der Waals surface area contributed by atoms with Crippen LogP contribution in [0.15, 0.2) is 21.1 Å². The Bertz CT molecular complexity index is 447. The zero-order valence-electron chi connectivity index (χ0n) is 8.20. The van der Waals surface area contributed by atoms with Crippen LogP contribution in [-0.2, 0) is 4.74 Å². The van der Waals surface area contributed by atoms with Gasteiger partial charge in [0.15, 0.2) is 0 Å². The molecule has 1 aromatic carbocycles. The molecule has 0 spiro atoms. The lowest BCUT2D eigenvalue weighted by atomic mass is 10.2. The third-order valence-electron chi connectivity index (χ3n) is 1.71. The molecule has 0 fully saturated rings. The van der Waals surface area contributed by atoms with Crippen LogP contribution in [0.5, 0.6) is 0 Å². The molecule has 0 saturated carbocycles. The van der Waals surface area contributed by atoms with Gasteiger partial charge in [0.2, 0.25) is 0 Å². The van der Waals surface area contributed by atoms with E-state index in [1.807, 2.05) is 0 Å². The summed E-state index contributed by atoms with van der Waals surface area (Å²) in [5.74, 6) is -0.598. The van der Waals surface area contributed by atoms with Gasteiger partial charge >= 0.3 is 5.97 Å². The minimum absolute atomic E-state index is 0.124. The molecule has 86 valence electrons. The number of hydrogen-bond acceptors (Lipinski definition) is 4. The summed E-state index contributed by atoms with van der Waals surface area (Å²) in [5, 5.41) is 10.7. The van der Waals surface area contributed by atoms with Crippen molar-refractivity contribution in [2.45, 2.75) is 6.92 Å². The van der Waals surface area contributed by atoms with Crippen molar-refractivity contribution in [2.24, 2.45) is 0 Å². The lowest BCUT2D eigenvalue weighted by molar-refractivity contribution is -0.385. The second kappa shape index (κ2) is 5.40. The molecule has 0 aliphatic carbocycles. The normalized spacial score (nSPS) is 9.94. The third kappa shape index (κ3) is 2.79. The van der Waals surface area contributed by atoms with Crippen molar-refractivity contribution in [2.75, 3.05) is 6.61 Å². The minimum atomic E-state index is -0.598. The summed E-state index contributed by atoms with van der Waals surface area (Å²) in [6, 6.07) is 2.78. The number of nitro groups is 1. The molecule has 1 rings (SSSR count). The Balaban J connectivity index is 3.29. The van der Waals surface area contributed by atoms with E-state index in [0.29, 0.717) is 4.47 Å². The number of carbonyl (C=O) groups is 1. The molecule has 0 aliphatic rings. The summed E-state index contributed by atoms with van der Waals surface area (Å²) >= 11 is 6.13. The Hall–Kier alpha value is -0.950. The first-order valence-corrected chi connectivity index (χ1v) is 5.86. The quantitative estimate of drug-likeness (QED) is 0.475. The van der Waals surface area contributed by atoms with Crippen molar-refractivity contribution in [3.05, 3.63) is 36.8 Å². The summed E-state index contributed by atoms with van der Waals surface area (Å²) in [5.41, 5.74) is -0.0552. The van der Waals surface area contributed by atoms with Gasteiger partial charge in [-0.05, 0) is 28.9 Å². The van der Waals surface area contributed by atoms with Crippen LogP contribution in [0.1, 0.15) is 17.3 Å². The largest absolute Gasteiger partial charge is 0.462 e. The summed E-state index contributed by atoms with van der Waals surface area (Å²) in [6.07, 6.45) is 0. The summed E-state index contributed by atoms with van der Waals surface area (Å²) in [7, 11) is 0. The van der Waals surface area contributed by atoms with Gasteiger partial charge in [0.05, 0.1) is 17.1 Å². The van der Waals surface area contributed by atoms with Crippen LogP contribution in [0.3, 0.4) is 0 Å². The molecular weight excluding hydrogens is 346 g/mol. The van der Waals surface area contributed by atoms with E-state index in [4.69, 9.17) is 4.74 Å². The Morgan fingerprint density at radius 2 is 2.12 bits per heavy atom. The van der Waals surface area contributed by atoms with E-state index in [1.165, 1.54) is 12.1 Å². The van der Waals surface area contributed by atoms with Gasteiger partial charge in [-0.1, -0.05) is 15.9 Å². The highest BCUT2D eigenvalue weighted by Crippen LogP contribution is 2.32. The number of nitrogens with zero attached hydrogens (tertiary/aromatic N) is 1. The molecule has 16 heavy (non-hydrogen) atoms. The second-order valence-electron chi connectivity index (χ2n) is 2.76. The first-order valence-electron chi connectivity index (χ1n) is 4.28. The number of benzene rings is 1. The number of halogens is 2. The van der Waals surface area contributed by atoms with Crippen LogP contribution >= 0.6 is 31.9 Å². The lowest BCUT2D eigenvalue weighted by Crippen LogP contribution is -2.06. The zero-order chi connectivity index (χ0) is 12.3. The minimum Gasteiger partial charge on any atom is -0.462 e. The summed E-state index contributed by atoms with van der Waals surface area (Å²) in [6.45, 7) is 1.88.